The average molecular weight is 431 g/mol. The molecule has 1 aliphatic heterocycles. The van der Waals surface area contributed by atoms with E-state index in [4.69, 9.17) is 10.7 Å². The number of piperazine rings is 1. The Kier molecular flexibility index (Phi) is 5.90. The first-order valence-corrected chi connectivity index (χ1v) is 11.5. The van der Waals surface area contributed by atoms with Gasteiger partial charge >= 0.3 is 0 Å². The Labute approximate surface area is 188 Å². The normalized spacial score (nSPS) is 17.7. The molecule has 0 amide bonds. The summed E-state index contributed by atoms with van der Waals surface area (Å²) in [4.78, 5) is 24.6. The topological polar surface area (TPSA) is 87.4 Å². The van der Waals surface area contributed by atoms with Gasteiger partial charge in [-0.05, 0) is 55.2 Å². The Morgan fingerprint density at radius 3 is 2.50 bits per heavy atom. The maximum absolute atomic E-state index is 10.7. The highest BCUT2D eigenvalue weighted by Gasteiger charge is 2.22. The molecular formula is C25H30N6O. The molecule has 0 unspecified atom stereocenters. The summed E-state index contributed by atoms with van der Waals surface area (Å²) in [5.74, 6) is 1.09. The molecule has 2 aromatic carbocycles. The van der Waals surface area contributed by atoms with E-state index in [-0.39, 0.29) is 0 Å². The first-order valence-electron chi connectivity index (χ1n) is 11.5. The number of nitrogens with one attached hydrogen (secondary N) is 1. The van der Waals surface area contributed by atoms with Crippen molar-refractivity contribution in [3.8, 4) is 0 Å². The number of rotatable bonds is 6. The van der Waals surface area contributed by atoms with Crippen LogP contribution in [0.5, 0.6) is 0 Å². The molecule has 166 valence electrons. The van der Waals surface area contributed by atoms with Crippen molar-refractivity contribution < 1.29 is 4.79 Å². The summed E-state index contributed by atoms with van der Waals surface area (Å²) in [6.45, 7) is 4.21. The van der Waals surface area contributed by atoms with Gasteiger partial charge < -0.3 is 20.7 Å². The van der Waals surface area contributed by atoms with E-state index < -0.39 is 0 Å². The highest BCUT2D eigenvalue weighted by Crippen LogP contribution is 2.40. The van der Waals surface area contributed by atoms with Crippen LogP contribution in [0, 0.1) is 0 Å². The molecule has 5 rings (SSSR count). The maximum Gasteiger partial charge on any atom is 0.227 e. The second kappa shape index (κ2) is 9.12. The third-order valence-corrected chi connectivity index (χ3v) is 6.78. The van der Waals surface area contributed by atoms with Gasteiger partial charge in [0.15, 0.2) is 0 Å². The molecule has 2 fully saturated rings. The summed E-state index contributed by atoms with van der Waals surface area (Å²) in [7, 11) is 0. The summed E-state index contributed by atoms with van der Waals surface area (Å²) in [6, 6.07) is 12.4. The van der Waals surface area contributed by atoms with Crippen LogP contribution in [0.1, 0.15) is 37.2 Å². The number of aromatic nitrogens is 2. The largest absolute Gasteiger partial charge is 0.398 e. The Bertz CT molecular complexity index is 1090. The second-order valence-corrected chi connectivity index (χ2v) is 8.81. The highest BCUT2D eigenvalue weighted by atomic mass is 16.1. The lowest BCUT2D eigenvalue weighted by molar-refractivity contribution is -0.108. The van der Waals surface area contributed by atoms with E-state index in [9.17, 15) is 4.79 Å². The van der Waals surface area contributed by atoms with Gasteiger partial charge in [-0.15, -0.1) is 0 Å². The smallest absolute Gasteiger partial charge is 0.227 e. The zero-order valence-electron chi connectivity index (χ0n) is 18.3. The Balaban J connectivity index is 1.32. The average Bonchev–Trinajstić information content (AvgIpc) is 3.35. The maximum atomic E-state index is 10.7. The van der Waals surface area contributed by atoms with Crippen molar-refractivity contribution in [3.63, 3.8) is 0 Å². The summed E-state index contributed by atoms with van der Waals surface area (Å²) in [6.07, 6.45) is 7.75. The summed E-state index contributed by atoms with van der Waals surface area (Å²) in [5, 5.41) is 4.40. The van der Waals surface area contributed by atoms with Crippen LogP contribution >= 0.6 is 0 Å². The fraction of sp³-hybridized carbons (Fsp3) is 0.400. The molecule has 7 nitrogen and oxygen atoms in total. The third-order valence-electron chi connectivity index (χ3n) is 6.78. The number of nitrogens with two attached hydrogens (primary N) is 1. The van der Waals surface area contributed by atoms with E-state index in [0.29, 0.717) is 18.4 Å². The minimum atomic E-state index is 0.493. The number of carbonyl (C=O) groups is 1. The van der Waals surface area contributed by atoms with E-state index in [1.54, 1.807) is 0 Å². The zero-order chi connectivity index (χ0) is 21.9. The molecule has 3 N–H and O–H groups in total. The molecule has 0 atom stereocenters. The van der Waals surface area contributed by atoms with Crippen molar-refractivity contribution in [1.29, 1.82) is 0 Å². The van der Waals surface area contributed by atoms with Crippen molar-refractivity contribution in [2.45, 2.75) is 31.6 Å². The van der Waals surface area contributed by atoms with Gasteiger partial charge in [-0.1, -0.05) is 12.8 Å². The van der Waals surface area contributed by atoms with Gasteiger partial charge in [0.1, 0.15) is 6.29 Å². The number of hydrogen-bond acceptors (Lipinski definition) is 7. The molecule has 1 saturated carbocycles. The van der Waals surface area contributed by atoms with Crippen molar-refractivity contribution >= 4 is 40.2 Å². The highest BCUT2D eigenvalue weighted by molar-refractivity contribution is 5.87. The van der Waals surface area contributed by atoms with Crippen LogP contribution in [0.4, 0.5) is 23.0 Å². The number of benzene rings is 2. The van der Waals surface area contributed by atoms with Crippen LogP contribution in [-0.2, 0) is 4.79 Å². The van der Waals surface area contributed by atoms with E-state index >= 15 is 0 Å². The fourth-order valence-electron chi connectivity index (χ4n) is 5.02. The van der Waals surface area contributed by atoms with Gasteiger partial charge in [0, 0.05) is 60.4 Å². The van der Waals surface area contributed by atoms with Gasteiger partial charge in [0.2, 0.25) is 5.95 Å². The van der Waals surface area contributed by atoms with Gasteiger partial charge in [0.05, 0.1) is 12.1 Å². The van der Waals surface area contributed by atoms with Crippen LogP contribution in [0.2, 0.25) is 0 Å². The van der Waals surface area contributed by atoms with Gasteiger partial charge in [0.25, 0.3) is 0 Å². The molecular weight excluding hydrogens is 400 g/mol. The molecule has 2 aliphatic rings. The lowest BCUT2D eigenvalue weighted by Crippen LogP contribution is -2.46. The summed E-state index contributed by atoms with van der Waals surface area (Å²) >= 11 is 0. The number of hydrogen-bond donors (Lipinski definition) is 2. The van der Waals surface area contributed by atoms with E-state index in [1.807, 2.05) is 18.3 Å². The molecule has 0 spiro atoms. The molecule has 3 aromatic rings. The number of fused-ring (bicyclic) bond motifs is 1. The number of nitrogen functional groups attached to an aromatic ring is 1. The zero-order valence-corrected chi connectivity index (χ0v) is 18.3. The molecule has 0 bridgehead atoms. The molecule has 7 heteroatoms. The van der Waals surface area contributed by atoms with E-state index in [1.165, 1.54) is 36.9 Å². The lowest BCUT2D eigenvalue weighted by Gasteiger charge is -2.35. The van der Waals surface area contributed by atoms with Crippen molar-refractivity contribution in [3.05, 3.63) is 48.2 Å². The van der Waals surface area contributed by atoms with Crippen molar-refractivity contribution in [1.82, 2.24) is 14.9 Å². The number of anilines is 4. The van der Waals surface area contributed by atoms with Gasteiger partial charge in [-0.2, -0.15) is 0 Å². The predicted molar refractivity (Wildman–Crippen MR) is 130 cm³/mol. The Morgan fingerprint density at radius 2 is 1.78 bits per heavy atom. The Hall–Kier alpha value is -3.19. The third kappa shape index (κ3) is 4.25. The van der Waals surface area contributed by atoms with Crippen LogP contribution in [0.3, 0.4) is 0 Å². The molecule has 1 aromatic heterocycles. The molecule has 1 aliphatic carbocycles. The Morgan fingerprint density at radius 1 is 1.03 bits per heavy atom. The minimum Gasteiger partial charge on any atom is -0.398 e. The lowest BCUT2D eigenvalue weighted by atomic mass is 9.93. The quantitative estimate of drug-likeness (QED) is 0.452. The minimum absolute atomic E-state index is 0.493. The number of aldehydes is 1. The van der Waals surface area contributed by atoms with Crippen molar-refractivity contribution in [2.24, 2.45) is 0 Å². The van der Waals surface area contributed by atoms with Gasteiger partial charge in [-0.3, -0.25) is 4.90 Å². The predicted octanol–water partition coefficient (Wildman–Crippen LogP) is 3.93. The second-order valence-electron chi connectivity index (χ2n) is 8.81. The van der Waals surface area contributed by atoms with E-state index in [0.717, 1.165) is 54.7 Å². The molecule has 32 heavy (non-hydrogen) atoms. The van der Waals surface area contributed by atoms with Crippen LogP contribution in [0.25, 0.3) is 10.9 Å². The summed E-state index contributed by atoms with van der Waals surface area (Å²) in [5.41, 5.74) is 11.5. The standard InChI is InChI=1S/C25H30N6O/c26-22-10-5-19-17-27-25(29-24(19)23(22)18-3-1-2-4-18)28-20-6-8-21(9-7-20)31-13-11-30(12-14-31)15-16-32/h5-10,16-18H,1-4,11-15,26H2,(H,27,28,29). The monoisotopic (exact) mass is 430 g/mol. The number of nitrogens with zero attached hydrogens (tertiary/aromatic N) is 4. The first-order chi connectivity index (χ1) is 15.7. The molecule has 1 saturated heterocycles. The van der Waals surface area contributed by atoms with Crippen LogP contribution in [-0.4, -0.2) is 53.9 Å². The molecule has 0 radical (unpaired) electrons. The van der Waals surface area contributed by atoms with Gasteiger partial charge in [-0.25, -0.2) is 9.97 Å². The van der Waals surface area contributed by atoms with E-state index in [2.05, 4.69) is 44.4 Å². The van der Waals surface area contributed by atoms with Crippen molar-refractivity contribution in [2.75, 3.05) is 48.7 Å². The van der Waals surface area contributed by atoms with Crippen LogP contribution in [0.15, 0.2) is 42.6 Å². The molecule has 2 heterocycles. The summed E-state index contributed by atoms with van der Waals surface area (Å²) < 4.78 is 0. The SMILES string of the molecule is Nc1ccc2cnc(Nc3ccc(N4CCN(CC=O)CC4)cc3)nc2c1C1CCCC1. The number of carbonyl (C=O) groups excluding carboxylic acids is 1. The van der Waals surface area contributed by atoms with Crippen LogP contribution < -0.4 is 16.0 Å². The first kappa shape index (κ1) is 20.7. The fourth-order valence-corrected chi connectivity index (χ4v) is 5.02.